The van der Waals surface area contributed by atoms with E-state index in [-0.39, 0.29) is 29.3 Å². The van der Waals surface area contributed by atoms with Gasteiger partial charge in [-0.05, 0) is 61.1 Å². The Bertz CT molecular complexity index is 1170. The Morgan fingerprint density at radius 1 is 1.08 bits per heavy atom. The molecule has 0 unspecified atom stereocenters. The van der Waals surface area contributed by atoms with Crippen LogP contribution in [-0.4, -0.2) is 40.7 Å². The summed E-state index contributed by atoms with van der Waals surface area (Å²) in [5.74, 6) is -3.14. The fourth-order valence-corrected chi connectivity index (χ4v) is 5.52. The van der Waals surface area contributed by atoms with E-state index in [0.717, 1.165) is 30.0 Å². The van der Waals surface area contributed by atoms with E-state index in [1.165, 1.54) is 11.0 Å². The Hall–Kier alpha value is -3.29. The molecule has 1 saturated carbocycles. The number of hydrogen-bond donors (Lipinski definition) is 2. The Morgan fingerprint density at radius 2 is 1.75 bits per heavy atom. The summed E-state index contributed by atoms with van der Waals surface area (Å²) in [7, 11) is 0. The number of nitrogens with zero attached hydrogens (tertiary/aromatic N) is 1. The zero-order chi connectivity index (χ0) is 25.6. The number of amides is 3. The Morgan fingerprint density at radius 3 is 2.33 bits per heavy atom. The lowest BCUT2D eigenvalue weighted by Crippen LogP contribution is -2.67. The summed E-state index contributed by atoms with van der Waals surface area (Å²) in [5, 5.41) is 5.81. The van der Waals surface area contributed by atoms with Crippen LogP contribution < -0.4 is 10.6 Å². The third-order valence-corrected chi connectivity index (χ3v) is 7.41. The highest BCUT2D eigenvalue weighted by atomic mass is 19.1. The number of rotatable bonds is 7. The molecule has 190 valence electrons. The van der Waals surface area contributed by atoms with Gasteiger partial charge in [0.05, 0.1) is 0 Å². The molecule has 1 saturated heterocycles. The monoisotopic (exact) mass is 495 g/mol. The van der Waals surface area contributed by atoms with Gasteiger partial charge in [-0.2, -0.15) is 0 Å². The van der Waals surface area contributed by atoms with Crippen LogP contribution >= 0.6 is 0 Å². The number of hydrogen-bond acceptors (Lipinski definition) is 3. The first kappa shape index (κ1) is 24.4. The molecular weight excluding hydrogens is 464 g/mol. The second-order valence-electron chi connectivity index (χ2n) is 10.7. The van der Waals surface area contributed by atoms with Crippen molar-refractivity contribution in [2.24, 2.45) is 11.8 Å². The molecular formula is C28H31F2N3O3. The van der Waals surface area contributed by atoms with Crippen LogP contribution in [0.15, 0.2) is 42.5 Å². The quantitative estimate of drug-likeness (QED) is 0.618. The highest BCUT2D eigenvalue weighted by Crippen LogP contribution is 2.36. The third-order valence-electron chi connectivity index (χ3n) is 7.41. The van der Waals surface area contributed by atoms with Crippen molar-refractivity contribution in [3.05, 3.63) is 70.8 Å². The number of benzene rings is 2. The predicted molar refractivity (Wildman–Crippen MR) is 130 cm³/mol. The lowest BCUT2D eigenvalue weighted by Gasteiger charge is -2.44. The van der Waals surface area contributed by atoms with E-state index in [1.54, 1.807) is 0 Å². The van der Waals surface area contributed by atoms with Gasteiger partial charge in [0.2, 0.25) is 17.7 Å². The average Bonchev–Trinajstić information content (AvgIpc) is 3.53. The second-order valence-corrected chi connectivity index (χ2v) is 10.7. The maximum atomic E-state index is 15.1. The number of nitrogens with one attached hydrogen (secondary N) is 2. The summed E-state index contributed by atoms with van der Waals surface area (Å²) < 4.78 is 28.9. The van der Waals surface area contributed by atoms with E-state index in [1.807, 2.05) is 38.1 Å². The normalized spacial score (nSPS) is 23.0. The first-order chi connectivity index (χ1) is 17.2. The van der Waals surface area contributed by atoms with Crippen LogP contribution in [0.2, 0.25) is 0 Å². The standard InChI is InChI=1S/C28H31F2N3O3/c1-15(2)11-23-26(34)32-24(18-12-16-5-3-4-6-17(16)13-18)28(36)33(23)25(27(35)31-20-8-9-20)21-10-7-19(29)14-22(21)30/h3-7,10,14-15,18,20,23-25H,8-9,11-13H2,1-2H3,(H,31,35)(H,32,34)/t23-,24-,25-/m1/s1. The van der Waals surface area contributed by atoms with Crippen LogP contribution in [0.5, 0.6) is 0 Å². The minimum Gasteiger partial charge on any atom is -0.351 e. The molecule has 2 fully saturated rings. The molecule has 0 spiro atoms. The van der Waals surface area contributed by atoms with Crippen LogP contribution in [0, 0.1) is 23.5 Å². The molecule has 0 bridgehead atoms. The number of carbonyl (C=O) groups excluding carboxylic acids is 3. The van der Waals surface area contributed by atoms with Gasteiger partial charge in [0.1, 0.15) is 29.8 Å². The summed E-state index contributed by atoms with van der Waals surface area (Å²) in [5.41, 5.74) is 2.15. The maximum absolute atomic E-state index is 15.1. The fraction of sp³-hybridized carbons (Fsp3) is 0.464. The van der Waals surface area contributed by atoms with Gasteiger partial charge in [0.25, 0.3) is 0 Å². The van der Waals surface area contributed by atoms with E-state index < -0.39 is 41.6 Å². The first-order valence-electron chi connectivity index (χ1n) is 12.7. The average molecular weight is 496 g/mol. The molecule has 0 radical (unpaired) electrons. The van der Waals surface area contributed by atoms with Crippen LogP contribution in [0.4, 0.5) is 8.78 Å². The van der Waals surface area contributed by atoms with E-state index in [9.17, 15) is 18.8 Å². The van der Waals surface area contributed by atoms with Crippen LogP contribution in [0.3, 0.4) is 0 Å². The van der Waals surface area contributed by atoms with Gasteiger partial charge in [-0.25, -0.2) is 8.78 Å². The molecule has 8 heteroatoms. The van der Waals surface area contributed by atoms with Crippen molar-refractivity contribution >= 4 is 17.7 Å². The molecule has 2 N–H and O–H groups in total. The van der Waals surface area contributed by atoms with Crippen LogP contribution in [0.25, 0.3) is 0 Å². The topological polar surface area (TPSA) is 78.5 Å². The highest BCUT2D eigenvalue weighted by Gasteiger charge is 2.50. The Balaban J connectivity index is 1.55. The van der Waals surface area contributed by atoms with Crippen molar-refractivity contribution < 1.29 is 23.2 Å². The van der Waals surface area contributed by atoms with E-state index in [0.29, 0.717) is 25.3 Å². The van der Waals surface area contributed by atoms with Gasteiger partial charge in [0.15, 0.2) is 0 Å². The first-order valence-corrected chi connectivity index (χ1v) is 12.7. The Labute approximate surface area is 209 Å². The number of piperazine rings is 1. The third kappa shape index (κ3) is 4.73. The predicted octanol–water partition coefficient (Wildman–Crippen LogP) is 3.44. The lowest BCUT2D eigenvalue weighted by atomic mass is 9.87. The minimum absolute atomic E-state index is 0.0357. The van der Waals surface area contributed by atoms with Crippen molar-refractivity contribution in [1.82, 2.24) is 15.5 Å². The number of fused-ring (bicyclic) bond motifs is 1. The highest BCUT2D eigenvalue weighted by molar-refractivity contribution is 6.00. The maximum Gasteiger partial charge on any atom is 0.247 e. The summed E-state index contributed by atoms with van der Waals surface area (Å²) >= 11 is 0. The zero-order valence-corrected chi connectivity index (χ0v) is 20.5. The minimum atomic E-state index is -1.38. The summed E-state index contributed by atoms with van der Waals surface area (Å²) in [6.07, 6.45) is 3.17. The molecule has 1 heterocycles. The summed E-state index contributed by atoms with van der Waals surface area (Å²) in [4.78, 5) is 42.4. The fourth-order valence-electron chi connectivity index (χ4n) is 5.52. The molecule has 3 atom stereocenters. The van der Waals surface area contributed by atoms with Crippen molar-refractivity contribution in [2.75, 3.05) is 0 Å². The number of carbonyl (C=O) groups is 3. The molecule has 5 rings (SSSR count). The number of halogens is 2. The molecule has 2 aliphatic carbocycles. The second kappa shape index (κ2) is 9.64. The molecule has 2 aromatic carbocycles. The largest absolute Gasteiger partial charge is 0.351 e. The molecule has 0 aromatic heterocycles. The van der Waals surface area contributed by atoms with Crippen molar-refractivity contribution in [3.63, 3.8) is 0 Å². The van der Waals surface area contributed by atoms with E-state index >= 15 is 4.39 Å². The van der Waals surface area contributed by atoms with Gasteiger partial charge in [-0.1, -0.05) is 44.2 Å². The molecule has 3 aliphatic rings. The van der Waals surface area contributed by atoms with Crippen molar-refractivity contribution in [1.29, 1.82) is 0 Å². The SMILES string of the molecule is CC(C)C[C@@H]1C(=O)N[C@H](C2Cc3ccccc3C2)C(=O)N1[C@@H](C(=O)NC1CC1)c1ccc(F)cc1F. The van der Waals surface area contributed by atoms with Gasteiger partial charge >= 0.3 is 0 Å². The van der Waals surface area contributed by atoms with Gasteiger partial charge in [-0.15, -0.1) is 0 Å². The Kier molecular flexibility index (Phi) is 6.53. The van der Waals surface area contributed by atoms with E-state index in [4.69, 9.17) is 0 Å². The van der Waals surface area contributed by atoms with Gasteiger partial charge < -0.3 is 15.5 Å². The molecule has 6 nitrogen and oxygen atoms in total. The van der Waals surface area contributed by atoms with E-state index in [2.05, 4.69) is 10.6 Å². The molecule has 36 heavy (non-hydrogen) atoms. The zero-order valence-electron chi connectivity index (χ0n) is 20.5. The van der Waals surface area contributed by atoms with Crippen molar-refractivity contribution in [3.8, 4) is 0 Å². The summed E-state index contributed by atoms with van der Waals surface area (Å²) in [6.45, 7) is 3.85. The van der Waals surface area contributed by atoms with Crippen LogP contribution in [0.1, 0.15) is 55.8 Å². The summed E-state index contributed by atoms with van der Waals surface area (Å²) in [6, 6.07) is 7.72. The molecule has 2 aromatic rings. The van der Waals surface area contributed by atoms with Crippen molar-refractivity contribution in [2.45, 2.75) is 70.1 Å². The molecule has 1 aliphatic heterocycles. The smallest absolute Gasteiger partial charge is 0.247 e. The molecule has 3 amide bonds. The van der Waals surface area contributed by atoms with Gasteiger partial charge in [-0.3, -0.25) is 14.4 Å². The van der Waals surface area contributed by atoms with Crippen LogP contribution in [-0.2, 0) is 27.2 Å². The lowest BCUT2D eigenvalue weighted by molar-refractivity contribution is -0.158. The van der Waals surface area contributed by atoms with Gasteiger partial charge in [0, 0.05) is 17.7 Å².